The minimum atomic E-state index is -1.24. The molecule has 0 N–H and O–H groups in total. The van der Waals surface area contributed by atoms with Crippen LogP contribution in [0.3, 0.4) is 0 Å². The van der Waals surface area contributed by atoms with Gasteiger partial charge in [-0.2, -0.15) is 0 Å². The normalized spacial score (nSPS) is 10.1. The fourth-order valence-electron chi connectivity index (χ4n) is 1.21. The molecule has 0 aromatic heterocycles. The van der Waals surface area contributed by atoms with Crippen LogP contribution in [0.1, 0.15) is 29.6 Å². The second-order valence-electron chi connectivity index (χ2n) is 3.28. The van der Waals surface area contributed by atoms with Gasteiger partial charge in [-0.1, -0.05) is 0 Å². The molecule has 0 aliphatic rings. The van der Waals surface area contributed by atoms with Gasteiger partial charge in [0.1, 0.15) is 0 Å². The maximum Gasteiger partial charge on any atom is 0.162 e. The summed E-state index contributed by atoms with van der Waals surface area (Å²) < 4.78 is 25.3. The summed E-state index contributed by atoms with van der Waals surface area (Å²) in [6.07, 6.45) is -0.130. The molecule has 1 rings (SSSR count). The van der Waals surface area contributed by atoms with Gasteiger partial charge in [0, 0.05) is 18.0 Å². The van der Waals surface area contributed by atoms with Gasteiger partial charge in [0.05, 0.1) is 0 Å². The Hall–Kier alpha value is -1.78. The van der Waals surface area contributed by atoms with Crippen LogP contribution in [0.5, 0.6) is 0 Å². The van der Waals surface area contributed by atoms with Crippen molar-refractivity contribution < 1.29 is 23.5 Å². The summed E-state index contributed by atoms with van der Waals surface area (Å²) in [6, 6.07) is 2.83. The van der Waals surface area contributed by atoms with Crippen LogP contribution in [-0.2, 0) is 4.79 Å². The topological polar surface area (TPSA) is 57.2 Å². The van der Waals surface area contributed by atoms with E-state index < -0.39 is 23.4 Å². The third kappa shape index (κ3) is 3.42. The van der Waals surface area contributed by atoms with E-state index in [4.69, 9.17) is 0 Å². The Morgan fingerprint density at radius 2 is 1.81 bits per heavy atom. The van der Waals surface area contributed by atoms with Crippen LogP contribution >= 0.6 is 0 Å². The molecule has 16 heavy (non-hydrogen) atoms. The Labute approximate surface area is 90.7 Å². The number of carboxylic acids is 1. The van der Waals surface area contributed by atoms with Crippen LogP contribution < -0.4 is 5.11 Å². The van der Waals surface area contributed by atoms with E-state index in [-0.39, 0.29) is 24.8 Å². The molecule has 0 radical (unpaired) electrons. The van der Waals surface area contributed by atoms with Gasteiger partial charge in [-0.15, -0.1) is 0 Å². The van der Waals surface area contributed by atoms with Gasteiger partial charge in [0.25, 0.3) is 0 Å². The molecular formula is C11H9F2O3-. The largest absolute Gasteiger partial charge is 0.550 e. The highest BCUT2D eigenvalue weighted by Crippen LogP contribution is 2.11. The Morgan fingerprint density at radius 3 is 2.38 bits per heavy atom. The van der Waals surface area contributed by atoms with E-state index in [0.29, 0.717) is 0 Å². The number of ketones is 1. The van der Waals surface area contributed by atoms with Crippen LogP contribution in [-0.4, -0.2) is 11.8 Å². The van der Waals surface area contributed by atoms with Crippen molar-refractivity contribution in [3.8, 4) is 0 Å². The van der Waals surface area contributed by atoms with Crippen molar-refractivity contribution in [3.05, 3.63) is 35.4 Å². The molecule has 0 atom stereocenters. The van der Waals surface area contributed by atoms with E-state index in [0.717, 1.165) is 12.1 Å². The summed E-state index contributed by atoms with van der Waals surface area (Å²) in [5, 5.41) is 10.1. The number of rotatable bonds is 5. The van der Waals surface area contributed by atoms with Crippen LogP contribution in [0, 0.1) is 11.6 Å². The van der Waals surface area contributed by atoms with Crippen LogP contribution in [0.15, 0.2) is 18.2 Å². The van der Waals surface area contributed by atoms with Gasteiger partial charge >= 0.3 is 0 Å². The first kappa shape index (κ1) is 12.3. The molecule has 0 aliphatic carbocycles. The number of hydrogen-bond acceptors (Lipinski definition) is 3. The molecule has 86 valence electrons. The maximum atomic E-state index is 12.8. The monoisotopic (exact) mass is 227 g/mol. The fourth-order valence-corrected chi connectivity index (χ4v) is 1.21. The third-order valence-corrected chi connectivity index (χ3v) is 2.03. The predicted molar refractivity (Wildman–Crippen MR) is 49.5 cm³/mol. The molecule has 0 aliphatic heterocycles. The van der Waals surface area contributed by atoms with Crippen molar-refractivity contribution in [1.29, 1.82) is 0 Å². The van der Waals surface area contributed by atoms with Gasteiger partial charge < -0.3 is 9.90 Å². The molecule has 0 unspecified atom stereocenters. The molecule has 3 nitrogen and oxygen atoms in total. The average Bonchev–Trinajstić information content (AvgIpc) is 2.21. The zero-order valence-electron chi connectivity index (χ0n) is 8.33. The zero-order valence-corrected chi connectivity index (χ0v) is 8.33. The zero-order chi connectivity index (χ0) is 12.1. The van der Waals surface area contributed by atoms with Crippen molar-refractivity contribution in [2.75, 3.05) is 0 Å². The molecule has 5 heteroatoms. The molecule has 0 heterocycles. The predicted octanol–water partition coefficient (Wildman–Crippen LogP) is 1.07. The Bertz CT molecular complexity index is 416. The number of carboxylic acid groups (broad SMARTS) is 1. The first-order valence-electron chi connectivity index (χ1n) is 4.69. The summed E-state index contributed by atoms with van der Waals surface area (Å²) >= 11 is 0. The molecular weight excluding hydrogens is 218 g/mol. The number of aliphatic carboxylic acids is 1. The highest BCUT2D eigenvalue weighted by molar-refractivity contribution is 5.96. The lowest BCUT2D eigenvalue weighted by Gasteiger charge is -2.02. The molecule has 0 bridgehead atoms. The second-order valence-corrected chi connectivity index (χ2v) is 3.28. The molecule has 0 saturated carbocycles. The smallest absolute Gasteiger partial charge is 0.162 e. The van der Waals surface area contributed by atoms with Crippen molar-refractivity contribution in [2.45, 2.75) is 19.3 Å². The van der Waals surface area contributed by atoms with Gasteiger partial charge in [0.2, 0.25) is 0 Å². The summed E-state index contributed by atoms with van der Waals surface area (Å²) in [7, 11) is 0. The first-order valence-corrected chi connectivity index (χ1v) is 4.69. The maximum absolute atomic E-state index is 12.8. The number of carbonyl (C=O) groups excluding carboxylic acids is 2. The standard InChI is InChI=1S/C11H10F2O3/c12-8-5-4-7(6-9(8)13)10(14)2-1-3-11(15)16/h4-6H,1-3H2,(H,15,16)/p-1. The molecule has 0 saturated heterocycles. The third-order valence-electron chi connectivity index (χ3n) is 2.03. The van der Waals surface area contributed by atoms with Gasteiger partial charge in [-0.25, -0.2) is 8.78 Å². The van der Waals surface area contributed by atoms with Crippen molar-refractivity contribution in [3.63, 3.8) is 0 Å². The molecule has 1 aromatic carbocycles. The molecule has 0 fully saturated rings. The van der Waals surface area contributed by atoms with E-state index in [1.165, 1.54) is 6.07 Å². The quantitative estimate of drug-likeness (QED) is 0.707. The summed E-state index contributed by atoms with van der Waals surface area (Å²) in [5.74, 6) is -3.77. The van der Waals surface area contributed by atoms with E-state index in [1.54, 1.807) is 0 Å². The Balaban J connectivity index is 2.59. The lowest BCUT2D eigenvalue weighted by molar-refractivity contribution is -0.305. The van der Waals surface area contributed by atoms with Crippen molar-refractivity contribution in [2.24, 2.45) is 0 Å². The summed E-state index contributed by atoms with van der Waals surface area (Å²) in [5.41, 5.74) is 0.0391. The van der Waals surface area contributed by atoms with Gasteiger partial charge in [-0.05, 0) is 31.0 Å². The van der Waals surface area contributed by atoms with Crippen molar-refractivity contribution in [1.82, 2.24) is 0 Å². The van der Waals surface area contributed by atoms with E-state index >= 15 is 0 Å². The molecule has 0 amide bonds. The lowest BCUT2D eigenvalue weighted by atomic mass is 10.1. The SMILES string of the molecule is O=C([O-])CCCC(=O)c1ccc(F)c(F)c1. The van der Waals surface area contributed by atoms with E-state index in [1.807, 2.05) is 0 Å². The number of hydrogen-bond donors (Lipinski definition) is 0. The lowest BCUT2D eigenvalue weighted by Crippen LogP contribution is -2.21. The van der Waals surface area contributed by atoms with Crippen LogP contribution in [0.2, 0.25) is 0 Å². The average molecular weight is 227 g/mol. The minimum absolute atomic E-state index is 0.0287. The van der Waals surface area contributed by atoms with Crippen LogP contribution in [0.25, 0.3) is 0 Å². The fraction of sp³-hybridized carbons (Fsp3) is 0.273. The highest BCUT2D eigenvalue weighted by Gasteiger charge is 2.09. The van der Waals surface area contributed by atoms with Gasteiger partial charge in [0.15, 0.2) is 17.4 Å². The van der Waals surface area contributed by atoms with Crippen LogP contribution in [0.4, 0.5) is 8.78 Å². The Kier molecular flexibility index (Phi) is 4.10. The Morgan fingerprint density at radius 1 is 1.12 bits per heavy atom. The first-order chi connectivity index (χ1) is 7.50. The van der Waals surface area contributed by atoms with E-state index in [9.17, 15) is 23.5 Å². The molecule has 1 aromatic rings. The highest BCUT2D eigenvalue weighted by atomic mass is 19.2. The summed E-state index contributed by atoms with van der Waals surface area (Å²) in [6.45, 7) is 0. The molecule has 0 spiro atoms. The number of carbonyl (C=O) groups is 2. The second kappa shape index (κ2) is 5.34. The van der Waals surface area contributed by atoms with Gasteiger partial charge in [-0.3, -0.25) is 4.79 Å². The summed E-state index contributed by atoms with van der Waals surface area (Å²) in [4.78, 5) is 21.5. The minimum Gasteiger partial charge on any atom is -0.550 e. The number of benzene rings is 1. The number of Topliss-reactive ketones (excluding diaryl/α,β-unsaturated/α-hetero) is 1. The van der Waals surface area contributed by atoms with E-state index in [2.05, 4.69) is 0 Å². The van der Waals surface area contributed by atoms with Crippen molar-refractivity contribution >= 4 is 11.8 Å². The number of halogens is 2.